The monoisotopic (exact) mass is 221 g/mol. The summed E-state index contributed by atoms with van der Waals surface area (Å²) < 4.78 is 0. The Bertz CT molecular complexity index is 340. The van der Waals surface area contributed by atoms with E-state index in [-0.39, 0.29) is 0 Å². The van der Waals surface area contributed by atoms with Gasteiger partial charge in [0.1, 0.15) is 5.75 Å². The first-order valence-electron chi connectivity index (χ1n) is 5.79. The van der Waals surface area contributed by atoms with Crippen molar-refractivity contribution in [1.82, 2.24) is 5.32 Å². The van der Waals surface area contributed by atoms with Gasteiger partial charge in [-0.3, -0.25) is 0 Å². The molecule has 0 unspecified atom stereocenters. The highest BCUT2D eigenvalue weighted by Crippen LogP contribution is 2.22. The minimum atomic E-state index is 0.307. The van der Waals surface area contributed by atoms with Crippen LogP contribution in [0.2, 0.25) is 0 Å². The Labute approximate surface area is 98.7 Å². The van der Waals surface area contributed by atoms with Crippen LogP contribution in [0.5, 0.6) is 5.75 Å². The third kappa shape index (κ3) is 3.86. The van der Waals surface area contributed by atoms with Crippen LogP contribution in [0.15, 0.2) is 12.1 Å². The molecule has 0 aromatic heterocycles. The topological polar surface area (TPSA) is 32.3 Å². The molecule has 0 aliphatic rings. The van der Waals surface area contributed by atoms with Gasteiger partial charge in [-0.2, -0.15) is 0 Å². The number of benzene rings is 1. The first-order valence-corrected chi connectivity index (χ1v) is 5.79. The lowest BCUT2D eigenvalue weighted by atomic mass is 9.97. The van der Waals surface area contributed by atoms with Gasteiger partial charge in [-0.25, -0.2) is 0 Å². The lowest BCUT2D eigenvalue weighted by molar-refractivity contribution is 0.379. The molecule has 0 aliphatic carbocycles. The highest BCUT2D eigenvalue weighted by Gasteiger charge is 2.09. The number of phenolic OH excluding ortho intramolecular Hbond substituents is 1. The lowest BCUT2D eigenvalue weighted by Crippen LogP contribution is -2.26. The average molecular weight is 221 g/mol. The number of phenols is 1. The van der Waals surface area contributed by atoms with Gasteiger partial charge in [-0.15, -0.1) is 0 Å². The highest BCUT2D eigenvalue weighted by molar-refractivity contribution is 5.42. The molecule has 0 atom stereocenters. The molecule has 1 rings (SSSR count). The highest BCUT2D eigenvalue weighted by atomic mass is 16.3. The molecule has 0 aliphatic heterocycles. The van der Waals surface area contributed by atoms with Crippen molar-refractivity contribution in [3.63, 3.8) is 0 Å². The van der Waals surface area contributed by atoms with Crippen LogP contribution in [0.25, 0.3) is 0 Å². The fraction of sp³-hybridized carbons (Fsp3) is 0.571. The van der Waals surface area contributed by atoms with Gasteiger partial charge in [-0.05, 0) is 36.0 Å². The molecular weight excluding hydrogens is 198 g/mol. The molecule has 0 fully saturated rings. The molecule has 1 aromatic carbocycles. The summed E-state index contributed by atoms with van der Waals surface area (Å²) in [6.45, 7) is 12.4. The van der Waals surface area contributed by atoms with Gasteiger partial charge in [0, 0.05) is 13.1 Å². The summed E-state index contributed by atoms with van der Waals surface area (Å²) in [5.41, 5.74) is 3.44. The van der Waals surface area contributed by atoms with E-state index < -0.39 is 0 Å². The molecule has 0 saturated heterocycles. The number of rotatable bonds is 3. The van der Waals surface area contributed by atoms with E-state index in [1.807, 2.05) is 26.0 Å². The van der Waals surface area contributed by atoms with Gasteiger partial charge in [0.25, 0.3) is 0 Å². The standard InChI is InChI=1S/C14H23NO/c1-10-6-12(7-11(2)13(10)16)8-15-9-14(3,4)5/h6-7,15-16H,8-9H2,1-5H3. The number of hydrogen-bond acceptors (Lipinski definition) is 2. The zero-order valence-electron chi connectivity index (χ0n) is 11.0. The number of aromatic hydroxyl groups is 1. The molecule has 1 aromatic rings. The molecule has 90 valence electrons. The van der Waals surface area contributed by atoms with E-state index in [0.717, 1.165) is 24.2 Å². The summed E-state index contributed by atoms with van der Waals surface area (Å²) in [6.07, 6.45) is 0. The summed E-state index contributed by atoms with van der Waals surface area (Å²) >= 11 is 0. The Morgan fingerprint density at radius 1 is 1.12 bits per heavy atom. The number of nitrogens with one attached hydrogen (secondary N) is 1. The predicted molar refractivity (Wildman–Crippen MR) is 68.7 cm³/mol. The third-order valence-corrected chi connectivity index (χ3v) is 2.54. The van der Waals surface area contributed by atoms with E-state index in [9.17, 15) is 5.11 Å². The molecule has 0 radical (unpaired) electrons. The maximum absolute atomic E-state index is 9.67. The second-order valence-corrected chi connectivity index (χ2v) is 5.74. The van der Waals surface area contributed by atoms with Crippen LogP contribution in [0.3, 0.4) is 0 Å². The summed E-state index contributed by atoms with van der Waals surface area (Å²) in [5, 5.41) is 13.1. The van der Waals surface area contributed by atoms with Crippen molar-refractivity contribution in [2.24, 2.45) is 5.41 Å². The van der Waals surface area contributed by atoms with E-state index in [1.54, 1.807) is 0 Å². The maximum Gasteiger partial charge on any atom is 0.121 e. The smallest absolute Gasteiger partial charge is 0.121 e. The summed E-state index contributed by atoms with van der Waals surface area (Å²) in [5.74, 6) is 0.416. The molecule has 2 N–H and O–H groups in total. The Kier molecular flexibility index (Phi) is 3.98. The third-order valence-electron chi connectivity index (χ3n) is 2.54. The molecule has 16 heavy (non-hydrogen) atoms. The Balaban J connectivity index is 2.62. The van der Waals surface area contributed by atoms with Gasteiger partial charge < -0.3 is 10.4 Å². The van der Waals surface area contributed by atoms with Crippen LogP contribution < -0.4 is 5.32 Å². The zero-order chi connectivity index (χ0) is 12.3. The molecule has 0 amide bonds. The van der Waals surface area contributed by atoms with Crippen molar-refractivity contribution >= 4 is 0 Å². The van der Waals surface area contributed by atoms with E-state index in [2.05, 4.69) is 26.1 Å². The van der Waals surface area contributed by atoms with Crippen molar-refractivity contribution in [2.75, 3.05) is 6.54 Å². The summed E-state index contributed by atoms with van der Waals surface area (Å²) in [4.78, 5) is 0. The molecule has 0 spiro atoms. The fourth-order valence-electron chi connectivity index (χ4n) is 1.73. The fourth-order valence-corrected chi connectivity index (χ4v) is 1.73. The molecule has 2 nitrogen and oxygen atoms in total. The number of hydrogen-bond donors (Lipinski definition) is 2. The first kappa shape index (κ1) is 13.0. The Hall–Kier alpha value is -1.02. The maximum atomic E-state index is 9.67. The minimum Gasteiger partial charge on any atom is -0.507 e. The minimum absolute atomic E-state index is 0.307. The van der Waals surface area contributed by atoms with Crippen LogP contribution in [0, 0.1) is 19.3 Å². The van der Waals surface area contributed by atoms with Gasteiger partial charge in [0.2, 0.25) is 0 Å². The number of aryl methyl sites for hydroxylation is 2. The van der Waals surface area contributed by atoms with Crippen molar-refractivity contribution < 1.29 is 5.11 Å². The molecule has 0 heterocycles. The zero-order valence-corrected chi connectivity index (χ0v) is 11.0. The van der Waals surface area contributed by atoms with Crippen molar-refractivity contribution in [2.45, 2.75) is 41.2 Å². The lowest BCUT2D eigenvalue weighted by Gasteiger charge is -2.19. The average Bonchev–Trinajstić information content (AvgIpc) is 2.12. The van der Waals surface area contributed by atoms with Crippen LogP contribution in [-0.2, 0) is 6.54 Å². The van der Waals surface area contributed by atoms with Crippen molar-refractivity contribution in [1.29, 1.82) is 0 Å². The SMILES string of the molecule is Cc1cc(CNCC(C)(C)C)cc(C)c1O. The van der Waals surface area contributed by atoms with E-state index in [4.69, 9.17) is 0 Å². The van der Waals surface area contributed by atoms with Crippen LogP contribution in [0.4, 0.5) is 0 Å². The normalized spacial score (nSPS) is 11.8. The van der Waals surface area contributed by atoms with E-state index in [0.29, 0.717) is 11.2 Å². The molecular formula is C14H23NO. The molecule has 2 heteroatoms. The van der Waals surface area contributed by atoms with Crippen LogP contribution >= 0.6 is 0 Å². The van der Waals surface area contributed by atoms with E-state index in [1.165, 1.54) is 5.56 Å². The van der Waals surface area contributed by atoms with E-state index >= 15 is 0 Å². The summed E-state index contributed by atoms with van der Waals surface area (Å²) in [6, 6.07) is 4.08. The Morgan fingerprint density at radius 2 is 1.62 bits per heavy atom. The predicted octanol–water partition coefficient (Wildman–Crippen LogP) is 3.14. The van der Waals surface area contributed by atoms with Crippen LogP contribution in [0.1, 0.15) is 37.5 Å². The first-order chi connectivity index (χ1) is 7.29. The second-order valence-electron chi connectivity index (χ2n) is 5.74. The van der Waals surface area contributed by atoms with Crippen molar-refractivity contribution in [3.8, 4) is 5.75 Å². The quantitative estimate of drug-likeness (QED) is 0.822. The molecule has 0 bridgehead atoms. The Morgan fingerprint density at radius 3 is 2.06 bits per heavy atom. The van der Waals surface area contributed by atoms with Gasteiger partial charge >= 0.3 is 0 Å². The van der Waals surface area contributed by atoms with Gasteiger partial charge in [0.05, 0.1) is 0 Å². The van der Waals surface area contributed by atoms with Gasteiger partial charge in [0.15, 0.2) is 0 Å². The van der Waals surface area contributed by atoms with Crippen molar-refractivity contribution in [3.05, 3.63) is 28.8 Å². The largest absolute Gasteiger partial charge is 0.507 e. The van der Waals surface area contributed by atoms with Crippen LogP contribution in [-0.4, -0.2) is 11.7 Å². The summed E-state index contributed by atoms with van der Waals surface area (Å²) in [7, 11) is 0. The molecule has 0 saturated carbocycles. The van der Waals surface area contributed by atoms with Gasteiger partial charge in [-0.1, -0.05) is 32.9 Å². The second kappa shape index (κ2) is 4.88.